The molecular formula is C18H24F2N2O5S. The maximum atomic E-state index is 12.6. The smallest absolute Gasteiger partial charge is 0.407 e. The fraction of sp³-hybridized carbons (Fsp3) is 0.556. The summed E-state index contributed by atoms with van der Waals surface area (Å²) in [6.07, 6.45) is 0.583. The van der Waals surface area contributed by atoms with Crippen LogP contribution in [0.5, 0.6) is 0 Å². The average molecular weight is 418 g/mol. The topological polar surface area (TPSA) is 92.8 Å². The number of ether oxygens (including phenoxy) is 1. The summed E-state index contributed by atoms with van der Waals surface area (Å²) >= 11 is 0. The SMILES string of the molecule is CC(C)(C)OC(=O)NC1CCN(C(=O)c2ccc(S(=O)(=O)C(F)F)cc2)CC1. The Balaban J connectivity index is 1.92. The third-order valence-electron chi connectivity index (χ3n) is 4.17. The van der Waals surface area contributed by atoms with E-state index in [0.717, 1.165) is 12.1 Å². The molecule has 156 valence electrons. The van der Waals surface area contributed by atoms with E-state index in [0.29, 0.717) is 25.9 Å². The predicted molar refractivity (Wildman–Crippen MR) is 97.9 cm³/mol. The van der Waals surface area contributed by atoms with Crippen molar-refractivity contribution in [3.63, 3.8) is 0 Å². The Hall–Kier alpha value is -2.23. The largest absolute Gasteiger partial charge is 0.444 e. The van der Waals surface area contributed by atoms with Gasteiger partial charge < -0.3 is 15.0 Å². The molecule has 0 aromatic heterocycles. The van der Waals surface area contributed by atoms with Crippen LogP contribution in [0, 0.1) is 0 Å². The van der Waals surface area contributed by atoms with Crippen molar-refractivity contribution in [3.8, 4) is 0 Å². The van der Waals surface area contributed by atoms with Crippen LogP contribution in [0.1, 0.15) is 44.0 Å². The van der Waals surface area contributed by atoms with Crippen LogP contribution in [0.2, 0.25) is 0 Å². The van der Waals surface area contributed by atoms with Crippen molar-refractivity contribution in [2.45, 2.75) is 55.9 Å². The summed E-state index contributed by atoms with van der Waals surface area (Å²) in [7, 11) is -4.69. The number of carbonyl (C=O) groups is 2. The van der Waals surface area contributed by atoms with Crippen molar-refractivity contribution in [2.24, 2.45) is 0 Å². The minimum Gasteiger partial charge on any atom is -0.444 e. The number of carbonyl (C=O) groups excluding carboxylic acids is 2. The highest BCUT2D eigenvalue weighted by Gasteiger charge is 2.28. The van der Waals surface area contributed by atoms with Crippen LogP contribution >= 0.6 is 0 Å². The van der Waals surface area contributed by atoms with Crippen LogP contribution in [-0.4, -0.2) is 55.8 Å². The van der Waals surface area contributed by atoms with Gasteiger partial charge in [0, 0.05) is 24.7 Å². The van der Waals surface area contributed by atoms with E-state index in [1.54, 1.807) is 25.7 Å². The summed E-state index contributed by atoms with van der Waals surface area (Å²) in [6.45, 7) is 6.11. The predicted octanol–water partition coefficient (Wildman–Crippen LogP) is 2.81. The van der Waals surface area contributed by atoms with Gasteiger partial charge in [-0.1, -0.05) is 0 Å². The first-order chi connectivity index (χ1) is 12.9. The molecule has 1 saturated heterocycles. The van der Waals surface area contributed by atoms with Gasteiger partial charge in [-0.25, -0.2) is 13.2 Å². The van der Waals surface area contributed by atoms with E-state index in [-0.39, 0.29) is 17.5 Å². The Bertz CT molecular complexity index is 811. The van der Waals surface area contributed by atoms with Gasteiger partial charge in [0.15, 0.2) is 0 Å². The Morgan fingerprint density at radius 3 is 2.14 bits per heavy atom. The van der Waals surface area contributed by atoms with Gasteiger partial charge in [0.1, 0.15) is 5.60 Å². The van der Waals surface area contributed by atoms with E-state index in [4.69, 9.17) is 4.74 Å². The van der Waals surface area contributed by atoms with Gasteiger partial charge in [-0.05, 0) is 57.9 Å². The zero-order chi connectivity index (χ0) is 21.1. The van der Waals surface area contributed by atoms with Crippen molar-refractivity contribution in [2.75, 3.05) is 13.1 Å². The van der Waals surface area contributed by atoms with Gasteiger partial charge in [0.25, 0.3) is 5.91 Å². The molecule has 1 fully saturated rings. The Morgan fingerprint density at radius 2 is 1.68 bits per heavy atom. The van der Waals surface area contributed by atoms with Gasteiger partial charge in [-0.15, -0.1) is 0 Å². The number of benzene rings is 1. The molecule has 0 saturated carbocycles. The Labute approximate surface area is 163 Å². The molecule has 1 heterocycles. The molecule has 1 aromatic carbocycles. The molecule has 0 atom stereocenters. The molecule has 0 unspecified atom stereocenters. The lowest BCUT2D eigenvalue weighted by atomic mass is 10.0. The van der Waals surface area contributed by atoms with Crippen LogP contribution < -0.4 is 5.32 Å². The Kier molecular flexibility index (Phi) is 6.63. The molecule has 2 rings (SSSR count). The number of nitrogens with one attached hydrogen (secondary N) is 1. The van der Waals surface area contributed by atoms with Gasteiger partial charge in [-0.2, -0.15) is 8.78 Å². The first kappa shape index (κ1) is 22.1. The third kappa shape index (κ3) is 5.63. The number of alkyl halides is 2. The van der Waals surface area contributed by atoms with Gasteiger partial charge in [0.05, 0.1) is 4.90 Å². The zero-order valence-electron chi connectivity index (χ0n) is 15.9. The second-order valence-electron chi connectivity index (χ2n) is 7.54. The second kappa shape index (κ2) is 8.42. The molecule has 1 aromatic rings. The van der Waals surface area contributed by atoms with Crippen LogP contribution in [0.15, 0.2) is 29.2 Å². The molecule has 2 amide bonds. The van der Waals surface area contributed by atoms with E-state index in [2.05, 4.69) is 5.32 Å². The molecule has 0 bridgehead atoms. The number of nitrogens with zero attached hydrogens (tertiary/aromatic N) is 1. The lowest BCUT2D eigenvalue weighted by Crippen LogP contribution is -2.47. The summed E-state index contributed by atoms with van der Waals surface area (Å²) in [5.74, 6) is -3.83. The van der Waals surface area contributed by atoms with E-state index in [1.165, 1.54) is 12.1 Å². The second-order valence-corrected chi connectivity index (χ2v) is 9.46. The molecule has 1 aliphatic heterocycles. The lowest BCUT2D eigenvalue weighted by Gasteiger charge is -2.33. The fourth-order valence-electron chi connectivity index (χ4n) is 2.77. The summed E-state index contributed by atoms with van der Waals surface area (Å²) in [5.41, 5.74) is -0.378. The van der Waals surface area contributed by atoms with Crippen LogP contribution in [0.4, 0.5) is 13.6 Å². The van der Waals surface area contributed by atoms with Crippen molar-refractivity contribution in [1.82, 2.24) is 10.2 Å². The maximum absolute atomic E-state index is 12.6. The minimum absolute atomic E-state index is 0.113. The number of piperidine rings is 1. The van der Waals surface area contributed by atoms with Crippen molar-refractivity contribution in [3.05, 3.63) is 29.8 Å². The van der Waals surface area contributed by atoms with E-state index in [9.17, 15) is 26.8 Å². The summed E-state index contributed by atoms with van der Waals surface area (Å²) in [5, 5.41) is 2.77. The summed E-state index contributed by atoms with van der Waals surface area (Å²) < 4.78 is 53.2. The molecule has 1 aliphatic rings. The number of likely N-dealkylation sites (tertiary alicyclic amines) is 1. The lowest BCUT2D eigenvalue weighted by molar-refractivity contribution is 0.0473. The highest BCUT2D eigenvalue weighted by atomic mass is 32.2. The standard InChI is InChI=1S/C18H24F2N2O5S/c1-18(2,3)27-17(24)21-13-8-10-22(11-9-13)15(23)12-4-6-14(7-5-12)28(25,26)16(19)20/h4-7,13,16H,8-11H2,1-3H3,(H,21,24). The molecule has 1 N–H and O–H groups in total. The zero-order valence-corrected chi connectivity index (χ0v) is 16.8. The van der Waals surface area contributed by atoms with Crippen molar-refractivity contribution >= 4 is 21.8 Å². The van der Waals surface area contributed by atoms with Crippen LogP contribution in [0.3, 0.4) is 0 Å². The average Bonchev–Trinajstić information content (AvgIpc) is 2.60. The summed E-state index contributed by atoms with van der Waals surface area (Å²) in [6, 6.07) is 4.35. The normalized spacial score (nSPS) is 16.1. The highest BCUT2D eigenvalue weighted by molar-refractivity contribution is 7.91. The molecule has 0 radical (unpaired) electrons. The van der Waals surface area contributed by atoms with E-state index >= 15 is 0 Å². The fourth-order valence-corrected chi connectivity index (χ4v) is 3.49. The molecule has 0 aliphatic carbocycles. The molecule has 7 nitrogen and oxygen atoms in total. The van der Waals surface area contributed by atoms with Crippen LogP contribution in [0.25, 0.3) is 0 Å². The maximum Gasteiger partial charge on any atom is 0.407 e. The van der Waals surface area contributed by atoms with Crippen molar-refractivity contribution in [1.29, 1.82) is 0 Å². The number of hydrogen-bond donors (Lipinski definition) is 1. The van der Waals surface area contributed by atoms with E-state index < -0.39 is 32.2 Å². The van der Waals surface area contributed by atoms with Gasteiger partial charge >= 0.3 is 11.9 Å². The number of sulfone groups is 1. The number of rotatable bonds is 4. The molecule has 0 spiro atoms. The number of alkyl carbamates (subject to hydrolysis) is 1. The molecular weight excluding hydrogens is 394 g/mol. The van der Waals surface area contributed by atoms with Gasteiger partial charge in [-0.3, -0.25) is 4.79 Å². The number of amides is 2. The van der Waals surface area contributed by atoms with Crippen LogP contribution in [-0.2, 0) is 14.6 Å². The minimum atomic E-state index is -4.69. The number of halogens is 2. The molecule has 28 heavy (non-hydrogen) atoms. The molecule has 10 heteroatoms. The third-order valence-corrected chi connectivity index (χ3v) is 5.57. The van der Waals surface area contributed by atoms with E-state index in [1.807, 2.05) is 0 Å². The first-order valence-electron chi connectivity index (χ1n) is 8.81. The highest BCUT2D eigenvalue weighted by Crippen LogP contribution is 2.20. The van der Waals surface area contributed by atoms with Crippen molar-refractivity contribution < 1.29 is 31.5 Å². The Morgan fingerprint density at radius 1 is 1.14 bits per heavy atom. The monoisotopic (exact) mass is 418 g/mol. The summed E-state index contributed by atoms with van der Waals surface area (Å²) in [4.78, 5) is 25.4. The first-order valence-corrected chi connectivity index (χ1v) is 10.4. The van der Waals surface area contributed by atoms with Gasteiger partial charge in [0.2, 0.25) is 9.84 Å². The number of hydrogen-bond acceptors (Lipinski definition) is 5. The quantitative estimate of drug-likeness (QED) is 0.812.